The largest absolute Gasteiger partial charge is 0.491 e. The summed E-state index contributed by atoms with van der Waals surface area (Å²) in [5.41, 5.74) is 0.678. The minimum Gasteiger partial charge on any atom is -0.491 e. The van der Waals surface area contributed by atoms with Crippen LogP contribution in [0.15, 0.2) is 29.6 Å². The predicted octanol–water partition coefficient (Wildman–Crippen LogP) is 1.99. The predicted molar refractivity (Wildman–Crippen MR) is 88.7 cm³/mol. The van der Waals surface area contributed by atoms with E-state index in [1.54, 1.807) is 49.8 Å². The number of fused-ring (bicyclic) bond motifs is 1. The third-order valence-corrected chi connectivity index (χ3v) is 6.67. The van der Waals surface area contributed by atoms with E-state index in [9.17, 15) is 8.42 Å². The van der Waals surface area contributed by atoms with Crippen LogP contribution in [-0.4, -0.2) is 53.7 Å². The summed E-state index contributed by atoms with van der Waals surface area (Å²) >= 11 is 0. The van der Waals surface area contributed by atoms with Crippen molar-refractivity contribution in [1.29, 1.82) is 0 Å². The first-order valence-electron chi connectivity index (χ1n) is 7.85. The van der Waals surface area contributed by atoms with Crippen molar-refractivity contribution in [3.05, 3.63) is 24.7 Å². The maximum absolute atomic E-state index is 12.9. The third kappa shape index (κ3) is 3.07. The van der Waals surface area contributed by atoms with Crippen LogP contribution in [0.25, 0.3) is 5.65 Å². The Labute approximate surface area is 137 Å². The fraction of sp³-hybridized carbons (Fsp3) is 0.562. The first kappa shape index (κ1) is 16.3. The number of imidazole rings is 1. The number of likely N-dealkylation sites (tertiary alicyclic amines) is 1. The molecule has 0 saturated carbocycles. The standard InChI is InChI=1S/C16H23N3O3S/c1-16(2,3)23(20,21)14-12-19-8-5-17-15(19)11-13(14)22-10-9-18-6-4-7-18/h5,8,11-12H,4,6-7,9-10H2,1-3H3. The summed E-state index contributed by atoms with van der Waals surface area (Å²) < 4.78 is 32.4. The number of nitrogens with zero attached hydrogens (tertiary/aromatic N) is 3. The summed E-state index contributed by atoms with van der Waals surface area (Å²) in [4.78, 5) is 6.72. The van der Waals surface area contributed by atoms with E-state index in [-0.39, 0.29) is 4.90 Å². The minimum atomic E-state index is -3.51. The van der Waals surface area contributed by atoms with Crippen LogP contribution in [0.4, 0.5) is 0 Å². The molecule has 0 aliphatic carbocycles. The van der Waals surface area contributed by atoms with Crippen LogP contribution in [0.2, 0.25) is 0 Å². The van der Waals surface area contributed by atoms with Gasteiger partial charge in [-0.15, -0.1) is 0 Å². The molecular weight excluding hydrogens is 314 g/mol. The molecule has 1 fully saturated rings. The first-order chi connectivity index (χ1) is 10.8. The lowest BCUT2D eigenvalue weighted by Crippen LogP contribution is -2.39. The number of pyridine rings is 1. The number of rotatable bonds is 5. The fourth-order valence-corrected chi connectivity index (χ4v) is 3.75. The quantitative estimate of drug-likeness (QED) is 0.835. The Kier molecular flexibility index (Phi) is 4.10. The van der Waals surface area contributed by atoms with Crippen molar-refractivity contribution in [2.75, 3.05) is 26.2 Å². The highest BCUT2D eigenvalue weighted by atomic mass is 32.2. The summed E-state index contributed by atoms with van der Waals surface area (Å²) in [5.74, 6) is 0.388. The number of aromatic nitrogens is 2. The van der Waals surface area contributed by atoms with Gasteiger partial charge < -0.3 is 9.14 Å². The molecule has 2 aromatic rings. The molecule has 0 aromatic carbocycles. The summed E-state index contributed by atoms with van der Waals surface area (Å²) in [5, 5.41) is 0. The molecule has 6 nitrogen and oxygen atoms in total. The normalized spacial score (nSPS) is 16.5. The molecular formula is C16H23N3O3S. The zero-order valence-corrected chi connectivity index (χ0v) is 14.6. The van der Waals surface area contributed by atoms with Gasteiger partial charge in [0, 0.05) is 31.2 Å². The number of sulfone groups is 1. The molecule has 3 rings (SSSR count). The second kappa shape index (κ2) is 5.79. The Morgan fingerprint density at radius 1 is 1.30 bits per heavy atom. The highest BCUT2D eigenvalue weighted by molar-refractivity contribution is 7.92. The highest BCUT2D eigenvalue weighted by Gasteiger charge is 2.34. The maximum atomic E-state index is 12.9. The lowest BCUT2D eigenvalue weighted by atomic mass is 10.2. The van der Waals surface area contributed by atoms with Crippen LogP contribution in [0.1, 0.15) is 27.2 Å². The van der Waals surface area contributed by atoms with Gasteiger partial charge in [0.05, 0.1) is 4.75 Å². The van der Waals surface area contributed by atoms with E-state index in [0.717, 1.165) is 19.6 Å². The average Bonchev–Trinajstić information content (AvgIpc) is 2.86. The van der Waals surface area contributed by atoms with Crippen molar-refractivity contribution in [2.45, 2.75) is 36.8 Å². The van der Waals surface area contributed by atoms with E-state index < -0.39 is 14.6 Å². The van der Waals surface area contributed by atoms with Gasteiger partial charge in [0.15, 0.2) is 9.84 Å². The maximum Gasteiger partial charge on any atom is 0.188 e. The highest BCUT2D eigenvalue weighted by Crippen LogP contribution is 2.32. The van der Waals surface area contributed by atoms with Crippen molar-refractivity contribution in [2.24, 2.45) is 0 Å². The van der Waals surface area contributed by atoms with Gasteiger partial charge in [-0.05, 0) is 40.3 Å². The number of ether oxygens (including phenoxy) is 1. The molecule has 0 spiro atoms. The van der Waals surface area contributed by atoms with Crippen molar-refractivity contribution < 1.29 is 13.2 Å². The summed E-state index contributed by atoms with van der Waals surface area (Å²) in [6.07, 6.45) is 6.21. The SMILES string of the molecule is CC(C)(C)S(=O)(=O)c1cn2ccnc2cc1OCCN1CCC1. The Bertz CT molecular complexity index is 802. The van der Waals surface area contributed by atoms with E-state index in [4.69, 9.17) is 4.74 Å². The number of hydrogen-bond donors (Lipinski definition) is 0. The molecule has 1 aliphatic rings. The van der Waals surface area contributed by atoms with Gasteiger partial charge in [0.1, 0.15) is 22.9 Å². The second-order valence-corrected chi connectivity index (χ2v) is 9.53. The molecule has 1 aliphatic heterocycles. The van der Waals surface area contributed by atoms with E-state index in [1.165, 1.54) is 6.42 Å². The van der Waals surface area contributed by atoms with Gasteiger partial charge in [0.25, 0.3) is 0 Å². The van der Waals surface area contributed by atoms with Crippen molar-refractivity contribution >= 4 is 15.5 Å². The molecule has 126 valence electrons. The first-order valence-corrected chi connectivity index (χ1v) is 9.34. The van der Waals surface area contributed by atoms with Crippen LogP contribution < -0.4 is 4.74 Å². The van der Waals surface area contributed by atoms with Gasteiger partial charge in [-0.1, -0.05) is 0 Å². The topological polar surface area (TPSA) is 63.9 Å². The Morgan fingerprint density at radius 3 is 2.65 bits per heavy atom. The van der Waals surface area contributed by atoms with Crippen molar-refractivity contribution in [3.63, 3.8) is 0 Å². The van der Waals surface area contributed by atoms with Gasteiger partial charge in [0.2, 0.25) is 0 Å². The van der Waals surface area contributed by atoms with E-state index >= 15 is 0 Å². The van der Waals surface area contributed by atoms with Crippen molar-refractivity contribution in [3.8, 4) is 5.75 Å². The van der Waals surface area contributed by atoms with E-state index in [1.807, 2.05) is 0 Å². The molecule has 7 heteroatoms. The monoisotopic (exact) mass is 337 g/mol. The van der Waals surface area contributed by atoms with Crippen LogP contribution >= 0.6 is 0 Å². The second-order valence-electron chi connectivity index (χ2n) is 6.85. The minimum absolute atomic E-state index is 0.221. The molecule has 1 saturated heterocycles. The van der Waals surface area contributed by atoms with Crippen LogP contribution in [-0.2, 0) is 9.84 Å². The lowest BCUT2D eigenvalue weighted by Gasteiger charge is -2.30. The third-order valence-electron chi connectivity index (χ3n) is 4.17. The Morgan fingerprint density at radius 2 is 2.04 bits per heavy atom. The lowest BCUT2D eigenvalue weighted by molar-refractivity contribution is 0.146. The molecule has 23 heavy (non-hydrogen) atoms. The summed E-state index contributed by atoms with van der Waals surface area (Å²) in [6, 6.07) is 1.70. The van der Waals surface area contributed by atoms with Crippen LogP contribution in [0.5, 0.6) is 5.75 Å². The van der Waals surface area contributed by atoms with Crippen molar-refractivity contribution in [1.82, 2.24) is 14.3 Å². The molecule has 0 radical (unpaired) electrons. The fourth-order valence-electron chi connectivity index (χ4n) is 2.46. The molecule has 0 unspecified atom stereocenters. The van der Waals surface area contributed by atoms with Gasteiger partial charge in [-0.25, -0.2) is 13.4 Å². The average molecular weight is 337 g/mol. The Balaban J connectivity index is 1.94. The van der Waals surface area contributed by atoms with Crippen LogP contribution in [0, 0.1) is 0 Å². The molecule has 3 heterocycles. The van der Waals surface area contributed by atoms with E-state index in [0.29, 0.717) is 18.0 Å². The zero-order valence-electron chi connectivity index (χ0n) is 13.8. The van der Waals surface area contributed by atoms with Gasteiger partial charge in [-0.3, -0.25) is 4.90 Å². The molecule has 0 N–H and O–H groups in total. The zero-order chi connectivity index (χ0) is 16.7. The van der Waals surface area contributed by atoms with Crippen LogP contribution in [0.3, 0.4) is 0 Å². The molecule has 0 amide bonds. The summed E-state index contributed by atoms with van der Waals surface area (Å²) in [6.45, 7) is 8.57. The molecule has 0 atom stereocenters. The van der Waals surface area contributed by atoms with Gasteiger partial charge >= 0.3 is 0 Å². The van der Waals surface area contributed by atoms with Gasteiger partial charge in [-0.2, -0.15) is 0 Å². The summed E-state index contributed by atoms with van der Waals surface area (Å²) in [7, 11) is -3.51. The number of hydrogen-bond acceptors (Lipinski definition) is 5. The Hall–Kier alpha value is -1.60. The van der Waals surface area contributed by atoms with E-state index in [2.05, 4.69) is 9.88 Å². The molecule has 0 bridgehead atoms. The smallest absolute Gasteiger partial charge is 0.188 e. The molecule has 2 aromatic heterocycles.